The maximum Gasteiger partial charge on any atom is 0.330 e. The molecule has 4 aliphatic rings. The number of esters is 3. The lowest BCUT2D eigenvalue weighted by Gasteiger charge is -2.51. The molecule has 0 saturated carbocycles. The van der Waals surface area contributed by atoms with Crippen molar-refractivity contribution in [2.24, 2.45) is 5.41 Å². The quantitative estimate of drug-likeness (QED) is 0.0888. The first-order chi connectivity index (χ1) is 25.9. The van der Waals surface area contributed by atoms with E-state index in [1.165, 1.54) is 25.0 Å². The Morgan fingerprint density at radius 2 is 1.62 bits per heavy atom. The van der Waals surface area contributed by atoms with E-state index in [1.807, 2.05) is 6.08 Å². The van der Waals surface area contributed by atoms with Crippen LogP contribution in [0.25, 0.3) is 0 Å². The largest absolute Gasteiger partial charge is 0.466 e. The summed E-state index contributed by atoms with van der Waals surface area (Å²) >= 11 is 0. The predicted octanol–water partition coefficient (Wildman–Crippen LogP) is 3.20. The second-order valence-electron chi connectivity index (χ2n) is 16.9. The molecule has 4 rings (SSSR count). The molecular weight excluding hydrogens is 710 g/mol. The van der Waals surface area contributed by atoms with Crippen molar-refractivity contribution < 1.29 is 63.0 Å². The Morgan fingerprint density at radius 1 is 0.964 bits per heavy atom. The molecule has 13 heteroatoms. The number of carbonyl (C=O) groups excluding carboxylic acids is 3. The van der Waals surface area contributed by atoms with Gasteiger partial charge in [-0.1, -0.05) is 50.3 Å². The number of methoxy groups -OCH3 is 1. The number of hydrogen-bond acceptors (Lipinski definition) is 12. The molecule has 0 aromatic rings. The van der Waals surface area contributed by atoms with Gasteiger partial charge in [-0.3, -0.25) is 9.59 Å². The Balaban J connectivity index is 1.72. The second kappa shape index (κ2) is 20.0. The molecule has 0 amide bonds. The molecule has 4 aliphatic heterocycles. The molecule has 4 heterocycles. The number of hydrogen-bond donors (Lipinski definition) is 4. The average molecular weight is 777 g/mol. The van der Waals surface area contributed by atoms with Crippen LogP contribution in [0.15, 0.2) is 48.1 Å². The fraction of sp³-hybridized carbons (Fsp3) is 0.738. The molecule has 310 valence electrons. The van der Waals surface area contributed by atoms with Gasteiger partial charge in [0.15, 0.2) is 6.10 Å². The summed E-state index contributed by atoms with van der Waals surface area (Å²) in [5.74, 6) is -4.25. The SMILES string of the molecule is C=C1CC2C[C@@H](O)CC(=O)O[C@@H]([C@@H](C)O)C[C@@H]3C/C(=C\C(=O)OC)[C@H](OC(=O)CCCCC[NH+](C)C)[C@@](O)(O3)C(C)(C)/C=C/[C@H]3CC(=C)C[C@@H](C[C@@H](C1)O2)O3. The number of fused-ring (bicyclic) bond motifs is 6. The monoisotopic (exact) mass is 776 g/mol. The van der Waals surface area contributed by atoms with Crippen LogP contribution in [-0.2, 0) is 42.8 Å². The number of aliphatic hydroxyl groups is 3. The summed E-state index contributed by atoms with van der Waals surface area (Å²) < 4.78 is 36.2. The first kappa shape index (κ1) is 44.8. The van der Waals surface area contributed by atoms with Crippen molar-refractivity contribution in [1.82, 2.24) is 0 Å². The Kier molecular flexibility index (Phi) is 16.3. The number of aliphatic hydroxyl groups excluding tert-OH is 2. The first-order valence-electron chi connectivity index (χ1n) is 19.9. The molecule has 0 aromatic carbocycles. The van der Waals surface area contributed by atoms with E-state index in [0.717, 1.165) is 30.5 Å². The standard InChI is InChI=1S/C42H65NO12/c1-26-16-31-13-14-41(4,5)42(49)40(54-37(46)12-10-9-11-15-43(6)7)29(21-38(47)50-8)20-35(55-42)25-36(28(3)44)53-39(48)23-30(45)22-32-17-27(2)19-34(52-32)24-33(18-26)51-31/h13-14,21,28,30-36,40,44-45,49H,1-2,9-12,15-20,22-25H2,3-8H3/p+1/b14-13+,29-21+/t28-,30-,31+,32?,33+,34-,35+,36-,40+,42-/m1/s1. The van der Waals surface area contributed by atoms with Crippen LogP contribution >= 0.6 is 0 Å². The van der Waals surface area contributed by atoms with Crippen molar-refractivity contribution >= 4 is 17.9 Å². The van der Waals surface area contributed by atoms with Gasteiger partial charge in [-0.05, 0) is 63.9 Å². The molecule has 4 N–H and O–H groups in total. The number of nitrogens with one attached hydrogen (secondary N) is 1. The molecule has 13 nitrogen and oxygen atoms in total. The Morgan fingerprint density at radius 3 is 2.27 bits per heavy atom. The van der Waals surface area contributed by atoms with Crippen LogP contribution in [0.3, 0.4) is 0 Å². The molecule has 10 atom stereocenters. The zero-order chi connectivity index (χ0) is 40.5. The fourth-order valence-electron chi connectivity index (χ4n) is 8.03. The van der Waals surface area contributed by atoms with Gasteiger partial charge in [0.05, 0.1) is 76.9 Å². The van der Waals surface area contributed by atoms with Gasteiger partial charge in [0.2, 0.25) is 5.79 Å². The zero-order valence-electron chi connectivity index (χ0n) is 33.8. The van der Waals surface area contributed by atoms with E-state index in [1.54, 1.807) is 19.9 Å². The highest BCUT2D eigenvalue weighted by atomic mass is 16.7. The molecular formula is C42H66NO12+. The van der Waals surface area contributed by atoms with Gasteiger partial charge in [-0.15, -0.1) is 0 Å². The summed E-state index contributed by atoms with van der Waals surface area (Å²) in [5.41, 5.74) is 0.975. The topological polar surface area (TPSA) is 172 Å². The van der Waals surface area contributed by atoms with E-state index in [9.17, 15) is 29.7 Å². The predicted molar refractivity (Wildman–Crippen MR) is 204 cm³/mol. The van der Waals surface area contributed by atoms with Crippen molar-refractivity contribution in [1.29, 1.82) is 0 Å². The summed E-state index contributed by atoms with van der Waals surface area (Å²) in [5, 5.41) is 34.5. The smallest absolute Gasteiger partial charge is 0.330 e. The van der Waals surface area contributed by atoms with Gasteiger partial charge in [-0.25, -0.2) is 4.79 Å². The maximum atomic E-state index is 13.4. The lowest BCUT2D eigenvalue weighted by molar-refractivity contribution is -0.858. The number of quaternary nitrogens is 1. The molecule has 0 aromatic heterocycles. The van der Waals surface area contributed by atoms with Crippen LogP contribution in [0.1, 0.15) is 104 Å². The Bertz CT molecular complexity index is 1420. The lowest BCUT2D eigenvalue weighted by atomic mass is 9.74. The third kappa shape index (κ3) is 13.1. The number of unbranched alkanes of at least 4 members (excludes halogenated alkanes) is 2. The van der Waals surface area contributed by atoms with Crippen molar-refractivity contribution in [2.75, 3.05) is 27.7 Å². The van der Waals surface area contributed by atoms with E-state index >= 15 is 0 Å². The number of cyclic esters (lactones) is 1. The van der Waals surface area contributed by atoms with E-state index in [4.69, 9.17) is 28.4 Å². The summed E-state index contributed by atoms with van der Waals surface area (Å²) in [7, 11) is 5.36. The summed E-state index contributed by atoms with van der Waals surface area (Å²) in [6.45, 7) is 14.4. The normalized spacial score (nSPS) is 35.4. The van der Waals surface area contributed by atoms with Gasteiger partial charge < -0.3 is 48.6 Å². The summed E-state index contributed by atoms with van der Waals surface area (Å²) in [6.07, 6.45) is 3.21. The molecule has 1 unspecified atom stereocenters. The van der Waals surface area contributed by atoms with E-state index in [2.05, 4.69) is 27.3 Å². The highest BCUT2D eigenvalue weighted by molar-refractivity contribution is 5.83. The third-order valence-electron chi connectivity index (χ3n) is 11.0. The number of carbonyl (C=O) groups is 3. The molecule has 3 fully saturated rings. The fourth-order valence-corrected chi connectivity index (χ4v) is 8.03. The van der Waals surface area contributed by atoms with Crippen LogP contribution in [0.5, 0.6) is 0 Å². The zero-order valence-corrected chi connectivity index (χ0v) is 33.8. The van der Waals surface area contributed by atoms with Crippen molar-refractivity contribution in [2.45, 2.75) is 165 Å². The van der Waals surface area contributed by atoms with Crippen LogP contribution in [-0.4, -0.2) is 122 Å². The van der Waals surface area contributed by atoms with Crippen LogP contribution in [0, 0.1) is 5.41 Å². The molecule has 0 spiro atoms. The van der Waals surface area contributed by atoms with Gasteiger partial charge in [-0.2, -0.15) is 0 Å². The van der Waals surface area contributed by atoms with E-state index in [0.29, 0.717) is 38.5 Å². The number of ether oxygens (including phenoxy) is 6. The van der Waals surface area contributed by atoms with Crippen LogP contribution in [0.4, 0.5) is 0 Å². The van der Waals surface area contributed by atoms with Crippen molar-refractivity contribution in [3.63, 3.8) is 0 Å². The van der Waals surface area contributed by atoms with Crippen LogP contribution < -0.4 is 4.90 Å². The first-order valence-corrected chi connectivity index (χ1v) is 19.9. The Hall–Kier alpha value is -2.91. The third-order valence-corrected chi connectivity index (χ3v) is 11.0. The molecule has 0 radical (unpaired) electrons. The van der Waals surface area contributed by atoms with Gasteiger partial charge in [0.25, 0.3) is 0 Å². The number of rotatable bonds is 9. The molecule has 55 heavy (non-hydrogen) atoms. The minimum atomic E-state index is -2.25. The minimum absolute atomic E-state index is 0.0124. The molecule has 3 saturated heterocycles. The molecule has 0 aliphatic carbocycles. The average Bonchev–Trinajstić information content (AvgIpc) is 3.07. The Labute approximate surface area is 326 Å². The lowest BCUT2D eigenvalue weighted by Crippen LogP contribution is -3.05. The highest BCUT2D eigenvalue weighted by Crippen LogP contribution is 2.47. The minimum Gasteiger partial charge on any atom is -0.466 e. The van der Waals surface area contributed by atoms with Crippen LogP contribution in [0.2, 0.25) is 0 Å². The maximum absolute atomic E-state index is 13.4. The second-order valence-corrected chi connectivity index (χ2v) is 16.9. The van der Waals surface area contributed by atoms with Gasteiger partial charge in [0, 0.05) is 37.2 Å². The van der Waals surface area contributed by atoms with E-state index in [-0.39, 0.29) is 56.0 Å². The van der Waals surface area contributed by atoms with Gasteiger partial charge in [0.1, 0.15) is 6.10 Å². The summed E-state index contributed by atoms with van der Waals surface area (Å²) in [4.78, 5) is 40.7. The molecule has 6 bridgehead atoms. The van der Waals surface area contributed by atoms with Crippen molar-refractivity contribution in [3.8, 4) is 0 Å². The highest BCUT2D eigenvalue weighted by Gasteiger charge is 2.57. The summed E-state index contributed by atoms with van der Waals surface area (Å²) in [6, 6.07) is 0. The van der Waals surface area contributed by atoms with E-state index < -0.39 is 65.7 Å². The van der Waals surface area contributed by atoms with Gasteiger partial charge >= 0.3 is 17.9 Å². The van der Waals surface area contributed by atoms with Crippen molar-refractivity contribution in [3.05, 3.63) is 48.1 Å².